The molecule has 0 amide bonds. The monoisotopic (exact) mass is 807 g/mol. The van der Waals surface area contributed by atoms with Crippen LogP contribution < -0.4 is 19.2 Å². The Hall–Kier alpha value is 11.4. The van der Waals surface area contributed by atoms with Crippen molar-refractivity contribution in [2.75, 3.05) is 0 Å². The molecule has 0 radical (unpaired) electrons. The number of rotatable bonds is 0. The summed E-state index contributed by atoms with van der Waals surface area (Å²) in [6.07, 6.45) is 0. The van der Waals surface area contributed by atoms with Gasteiger partial charge in [0.1, 0.15) is 0 Å². The van der Waals surface area contributed by atoms with Crippen LogP contribution in [0.4, 0.5) is 0 Å². The minimum absolute atomic E-state index is 1.01. The summed E-state index contributed by atoms with van der Waals surface area (Å²) in [6.45, 7) is 0. The van der Waals surface area contributed by atoms with Gasteiger partial charge in [-0.2, -0.15) is 0 Å². The molecule has 0 bridgehead atoms. The largest absolute Gasteiger partial charge is 0.894 e. The van der Waals surface area contributed by atoms with Crippen molar-refractivity contribution in [2.45, 2.75) is 0 Å². The summed E-state index contributed by atoms with van der Waals surface area (Å²) in [4.78, 5) is 34.3. The molecule has 0 saturated carbocycles. The van der Waals surface area contributed by atoms with Gasteiger partial charge in [-0.1, -0.05) is 0 Å². The summed E-state index contributed by atoms with van der Waals surface area (Å²) < 4.78 is 0. The summed E-state index contributed by atoms with van der Waals surface area (Å²) in [6, 6.07) is 0. The van der Waals surface area contributed by atoms with E-state index in [4.69, 9.17) is 19.2 Å². The van der Waals surface area contributed by atoms with Crippen molar-refractivity contribution in [3.05, 3.63) is 0 Å². The van der Waals surface area contributed by atoms with E-state index in [0.29, 0.717) is 0 Å². The van der Waals surface area contributed by atoms with Gasteiger partial charge >= 0.3 is 229 Å². The van der Waals surface area contributed by atoms with Gasteiger partial charge in [0, 0.05) is 0 Å². The first-order valence-electron chi connectivity index (χ1n) is 3.64. The normalized spacial score (nSPS) is 6.15. The van der Waals surface area contributed by atoms with Gasteiger partial charge in [0.2, 0.25) is 0 Å². The fraction of sp³-hybridized carbons (Fsp3) is 0. The fourth-order valence-corrected chi connectivity index (χ4v) is 0. The van der Waals surface area contributed by atoms with E-state index < -0.39 is 9.05 Å². The van der Waals surface area contributed by atoms with Crippen LogP contribution >= 0.6 is 0 Å². The first kappa shape index (κ1) is 35.5. The molecule has 4 nitrogen and oxygen atoms in total. The van der Waals surface area contributed by atoms with Gasteiger partial charge < -0.3 is 28.2 Å². The molecule has 0 aliphatic carbocycles. The molecule has 0 saturated heterocycles. The zero-order valence-corrected chi connectivity index (χ0v) is 43.9. The van der Waals surface area contributed by atoms with E-state index in [1.165, 1.54) is 0 Å². The topological polar surface area (TPSA) is 92.2 Å². The van der Waals surface area contributed by atoms with Gasteiger partial charge in [0.25, 0.3) is 0 Å². The van der Waals surface area contributed by atoms with Gasteiger partial charge in [-0.25, -0.2) is 0 Å². The molecule has 0 aliphatic rings. The molecule has 13 heavy (non-hydrogen) atoms. The molecule has 0 aromatic carbocycles. The molecule has 48 valence electrons. The van der Waals surface area contributed by atoms with E-state index in [-0.39, 0.29) is 0 Å². The van der Waals surface area contributed by atoms with Crippen molar-refractivity contribution >= 4 is 238 Å². The minimum Gasteiger partial charge on any atom is -0.894 e. The van der Waals surface area contributed by atoms with Crippen molar-refractivity contribution in [3.63, 3.8) is 0 Å². The van der Waals surface area contributed by atoms with Crippen LogP contribution in [0.15, 0.2) is 0 Å². The maximum Gasteiger partial charge on any atom is -0.426 e. The summed E-state index contributed by atoms with van der Waals surface area (Å²) >= 11 is 10.4. The quantitative estimate of drug-likeness (QED) is 0.228. The summed E-state index contributed by atoms with van der Waals surface area (Å²) in [5.41, 5.74) is 0. The van der Waals surface area contributed by atoms with Crippen LogP contribution in [-0.2, 0) is 0 Å². The van der Waals surface area contributed by atoms with Gasteiger partial charge in [-0.05, 0) is 0 Å². The van der Waals surface area contributed by atoms with Crippen LogP contribution in [0, 0.1) is 0 Å². The third-order valence-electron chi connectivity index (χ3n) is 0. The maximum atomic E-state index is 8.58. The molecule has 0 aliphatic heterocycles. The Morgan fingerprint density at radius 2 is 0.538 bits per heavy atom. The van der Waals surface area contributed by atoms with E-state index in [1.807, 2.05) is 0 Å². The molecule has 0 fully saturated rings. The first-order chi connectivity index (χ1) is 6.00. The number of hydrogen-bond donors (Lipinski definition) is 0. The summed E-state index contributed by atoms with van der Waals surface area (Å²) in [5, 5.41) is 0. The molecule has 0 rings (SSSR count). The van der Waals surface area contributed by atoms with E-state index in [1.54, 1.807) is 88.3 Å². The Morgan fingerprint density at radius 3 is 0.538 bits per heavy atom. The molecule has 0 aromatic rings. The third-order valence-corrected chi connectivity index (χ3v) is 0. The van der Waals surface area contributed by atoms with Crippen LogP contribution in [0.1, 0.15) is 0 Å². The molecular formula is H4Ba4Ca4O4Si. The van der Waals surface area contributed by atoms with Crippen molar-refractivity contribution in [1.29, 1.82) is 0 Å². The average Bonchev–Trinajstić information content (AvgIpc) is 2.14. The van der Waals surface area contributed by atoms with Gasteiger partial charge in [-0.15, -0.1) is 0 Å². The average molecular weight is 806 g/mol. The Labute approximate surface area is 242 Å². The molecule has 0 spiro atoms. The van der Waals surface area contributed by atoms with E-state index in [2.05, 4.69) is 0 Å². The molecule has 13 heteroatoms. The summed E-state index contributed by atoms with van der Waals surface area (Å²) in [7, 11) is -5.61. The smallest absolute Gasteiger partial charge is 0.426 e. The second-order valence-corrected chi connectivity index (χ2v) is 1.50. The van der Waals surface area contributed by atoms with E-state index >= 15 is 0 Å². The summed E-state index contributed by atoms with van der Waals surface area (Å²) in [5.74, 6) is 0. The van der Waals surface area contributed by atoms with Crippen LogP contribution in [0.3, 0.4) is 0 Å². The second-order valence-electron chi connectivity index (χ2n) is 0.500. The van der Waals surface area contributed by atoms with Crippen molar-refractivity contribution in [3.8, 4) is 0 Å². The number of hydrogen-bond acceptors (Lipinski definition) is 4. The maximum absolute atomic E-state index is 8.58. The van der Waals surface area contributed by atoms with Gasteiger partial charge in [0.15, 0.2) is 0 Å². The van der Waals surface area contributed by atoms with Crippen LogP contribution in [-0.4, -0.2) is 238 Å². The predicted octanol–water partition coefficient (Wildman–Crippen LogP) is -9.25. The second kappa shape index (κ2) is 38.8. The SMILES string of the molecule is [Ca+][BaH].[Ca+][BaH].[Ca+][BaH].[Ca+][BaH].[O-][Si]([O-])([O-])[O-]. The zero-order chi connectivity index (χ0) is 12.5. The van der Waals surface area contributed by atoms with Gasteiger partial charge in [0.05, 0.1) is 0 Å². The van der Waals surface area contributed by atoms with Crippen molar-refractivity contribution in [1.82, 2.24) is 0 Å². The third kappa shape index (κ3) is 82.5. The zero-order valence-electron chi connectivity index (χ0n) is 8.96. The molecule has 0 atom stereocenters. The fourth-order valence-electron chi connectivity index (χ4n) is 0. The Bertz CT molecular complexity index is 39.6. The van der Waals surface area contributed by atoms with Crippen LogP contribution in [0.2, 0.25) is 0 Å². The molecular weight excluding hydrogens is 802 g/mol. The van der Waals surface area contributed by atoms with Crippen molar-refractivity contribution < 1.29 is 19.2 Å². The van der Waals surface area contributed by atoms with Gasteiger partial charge in [-0.3, -0.25) is 0 Å². The Morgan fingerprint density at radius 1 is 0.538 bits per heavy atom. The first-order valence-corrected chi connectivity index (χ1v) is 87.3. The van der Waals surface area contributed by atoms with E-state index in [9.17, 15) is 0 Å². The van der Waals surface area contributed by atoms with E-state index in [0.717, 1.165) is 140 Å². The molecule has 0 heterocycles. The minimum atomic E-state index is -5.61. The molecule has 0 unspecified atom stereocenters. The van der Waals surface area contributed by atoms with Crippen molar-refractivity contribution in [2.24, 2.45) is 0 Å². The predicted molar refractivity (Wildman–Crippen MR) is 57.4 cm³/mol. The van der Waals surface area contributed by atoms with Crippen LogP contribution in [0.25, 0.3) is 0 Å². The van der Waals surface area contributed by atoms with Crippen LogP contribution in [0.5, 0.6) is 0 Å². The molecule has 0 aromatic heterocycles. The Kier molecular flexibility index (Phi) is 106. The molecule has 0 N–H and O–H groups in total. The standard InChI is InChI=1S/4Ba.4Ca.O4Si.4H/c;;;;;;;;1-5(2,3)4;;;;/q;;;;4*+1;-4;;;;. The Balaban J connectivity index is -0.0000000230.